The first-order valence-electron chi connectivity index (χ1n) is 7.51. The number of rotatable bonds is 6. The first kappa shape index (κ1) is 13.1. The lowest BCUT2D eigenvalue weighted by Gasteiger charge is -2.17. The van der Waals surface area contributed by atoms with Crippen molar-refractivity contribution in [1.82, 2.24) is 20.0 Å². The van der Waals surface area contributed by atoms with Crippen molar-refractivity contribution in [3.63, 3.8) is 0 Å². The largest absolute Gasteiger partial charge is 0.408 e. The maximum atomic E-state index is 5.72. The van der Waals surface area contributed by atoms with E-state index in [0.717, 1.165) is 24.3 Å². The van der Waals surface area contributed by atoms with Gasteiger partial charge in [0.25, 0.3) is 0 Å². The van der Waals surface area contributed by atoms with Crippen LogP contribution in [0.2, 0.25) is 0 Å². The van der Waals surface area contributed by atoms with Crippen LogP contribution in [0.15, 0.2) is 53.2 Å². The lowest BCUT2D eigenvalue weighted by atomic mass is 10.1. The topological polar surface area (TPSA) is 68.8 Å². The van der Waals surface area contributed by atoms with E-state index in [1.807, 2.05) is 35.1 Å². The van der Waals surface area contributed by atoms with Crippen molar-refractivity contribution in [3.05, 3.63) is 60.2 Å². The third-order valence-electron chi connectivity index (χ3n) is 3.80. The van der Waals surface area contributed by atoms with E-state index in [1.165, 1.54) is 0 Å². The Bertz CT molecular complexity index is 718. The van der Waals surface area contributed by atoms with Crippen LogP contribution in [0.1, 0.15) is 36.3 Å². The Morgan fingerprint density at radius 2 is 2.05 bits per heavy atom. The quantitative estimate of drug-likeness (QED) is 0.757. The molecular weight excluding hydrogens is 278 g/mol. The molecule has 22 heavy (non-hydrogen) atoms. The maximum Gasteiger partial charge on any atom is 0.316 e. The van der Waals surface area contributed by atoms with Crippen molar-refractivity contribution < 1.29 is 4.42 Å². The van der Waals surface area contributed by atoms with Crippen molar-refractivity contribution in [2.24, 2.45) is 0 Å². The van der Waals surface area contributed by atoms with Gasteiger partial charge in [-0.3, -0.25) is 4.68 Å². The lowest BCUT2D eigenvalue weighted by Crippen LogP contribution is -2.18. The minimum absolute atomic E-state index is 0.0219. The monoisotopic (exact) mass is 295 g/mol. The molecule has 1 aliphatic carbocycles. The van der Waals surface area contributed by atoms with Crippen molar-refractivity contribution in [2.45, 2.75) is 31.3 Å². The molecule has 1 aromatic carbocycles. The van der Waals surface area contributed by atoms with E-state index < -0.39 is 0 Å². The molecule has 3 aromatic rings. The summed E-state index contributed by atoms with van der Waals surface area (Å²) in [4.78, 5) is 0. The normalized spacial score (nSPS) is 15.6. The summed E-state index contributed by atoms with van der Waals surface area (Å²) in [5.41, 5.74) is 1.16. The Morgan fingerprint density at radius 3 is 2.77 bits per heavy atom. The minimum atomic E-state index is 0.0219. The third kappa shape index (κ3) is 2.86. The van der Waals surface area contributed by atoms with Gasteiger partial charge in [-0.05, 0) is 24.5 Å². The molecule has 1 saturated carbocycles. The molecule has 0 spiro atoms. The Kier molecular flexibility index (Phi) is 3.34. The van der Waals surface area contributed by atoms with Gasteiger partial charge in [0.05, 0.1) is 12.6 Å². The predicted molar refractivity (Wildman–Crippen MR) is 81.3 cm³/mol. The lowest BCUT2D eigenvalue weighted by molar-refractivity contribution is 0.485. The van der Waals surface area contributed by atoms with Crippen molar-refractivity contribution in [3.8, 4) is 0 Å². The second-order valence-corrected chi connectivity index (χ2v) is 5.56. The highest BCUT2D eigenvalue weighted by Gasteiger charge is 2.29. The van der Waals surface area contributed by atoms with Crippen LogP contribution in [0.5, 0.6) is 0 Å². The number of nitrogens with one attached hydrogen (secondary N) is 1. The Balaban J connectivity index is 1.55. The third-order valence-corrected chi connectivity index (χ3v) is 3.80. The number of aromatic nitrogens is 4. The number of nitrogens with zero attached hydrogens (tertiary/aromatic N) is 4. The molecule has 1 unspecified atom stereocenters. The molecule has 0 aliphatic heterocycles. The van der Waals surface area contributed by atoms with Gasteiger partial charge >= 0.3 is 6.01 Å². The summed E-state index contributed by atoms with van der Waals surface area (Å²) >= 11 is 0. The fourth-order valence-corrected chi connectivity index (χ4v) is 2.45. The van der Waals surface area contributed by atoms with E-state index >= 15 is 0 Å². The summed E-state index contributed by atoms with van der Waals surface area (Å²) in [5.74, 6) is 1.21. The molecule has 1 fully saturated rings. The molecule has 6 heteroatoms. The Morgan fingerprint density at radius 1 is 1.18 bits per heavy atom. The molecule has 1 aliphatic rings. The zero-order chi connectivity index (χ0) is 14.8. The molecule has 1 atom stereocenters. The predicted octanol–water partition coefficient (Wildman–Crippen LogP) is 3.00. The van der Waals surface area contributed by atoms with E-state index in [9.17, 15) is 0 Å². The van der Waals surface area contributed by atoms with Crippen LogP contribution in [0, 0.1) is 0 Å². The number of anilines is 1. The Labute approximate surface area is 128 Å². The zero-order valence-electron chi connectivity index (χ0n) is 12.1. The number of benzene rings is 1. The second kappa shape index (κ2) is 5.63. The van der Waals surface area contributed by atoms with E-state index in [2.05, 4.69) is 32.7 Å². The summed E-state index contributed by atoms with van der Waals surface area (Å²) in [6.07, 6.45) is 6.02. The van der Waals surface area contributed by atoms with Gasteiger partial charge < -0.3 is 9.73 Å². The van der Waals surface area contributed by atoms with E-state index in [4.69, 9.17) is 4.42 Å². The average Bonchev–Trinajstić information content (AvgIpc) is 3.08. The summed E-state index contributed by atoms with van der Waals surface area (Å²) in [6, 6.07) is 12.6. The van der Waals surface area contributed by atoms with Gasteiger partial charge in [0.15, 0.2) is 0 Å². The standard InChI is InChI=1S/C16H17N5O/c1-2-5-12(6-3-1)14(11-21-10-4-9-17-21)18-16-20-19-15(22-16)13-7-8-13/h1-6,9-10,13-14H,7-8,11H2,(H,18,20). The van der Waals surface area contributed by atoms with Gasteiger partial charge in [0, 0.05) is 18.3 Å². The average molecular weight is 295 g/mol. The summed E-state index contributed by atoms with van der Waals surface area (Å²) in [7, 11) is 0. The molecule has 112 valence electrons. The smallest absolute Gasteiger partial charge is 0.316 e. The molecular formula is C16H17N5O. The highest BCUT2D eigenvalue weighted by atomic mass is 16.4. The molecule has 6 nitrogen and oxygen atoms in total. The van der Waals surface area contributed by atoms with E-state index in [0.29, 0.717) is 18.5 Å². The van der Waals surface area contributed by atoms with Crippen LogP contribution >= 0.6 is 0 Å². The van der Waals surface area contributed by atoms with Gasteiger partial charge in [-0.25, -0.2) is 0 Å². The number of hydrogen-bond donors (Lipinski definition) is 1. The molecule has 0 bridgehead atoms. The van der Waals surface area contributed by atoms with Crippen LogP contribution < -0.4 is 5.32 Å². The fourth-order valence-electron chi connectivity index (χ4n) is 2.45. The van der Waals surface area contributed by atoms with Crippen molar-refractivity contribution in [1.29, 1.82) is 0 Å². The Hall–Kier alpha value is -2.63. The first-order valence-corrected chi connectivity index (χ1v) is 7.51. The van der Waals surface area contributed by atoms with Gasteiger partial charge in [-0.1, -0.05) is 35.4 Å². The fraction of sp³-hybridized carbons (Fsp3) is 0.312. The first-order chi connectivity index (χ1) is 10.9. The molecule has 1 N–H and O–H groups in total. The summed E-state index contributed by atoms with van der Waals surface area (Å²) in [5, 5.41) is 15.8. The van der Waals surface area contributed by atoms with Gasteiger partial charge in [-0.2, -0.15) is 5.10 Å². The molecule has 0 radical (unpaired) electrons. The van der Waals surface area contributed by atoms with Crippen LogP contribution in [0.25, 0.3) is 0 Å². The number of hydrogen-bond acceptors (Lipinski definition) is 5. The van der Waals surface area contributed by atoms with Gasteiger partial charge in [0.2, 0.25) is 5.89 Å². The molecule has 0 saturated heterocycles. The molecule has 0 amide bonds. The molecule has 4 rings (SSSR count). The summed E-state index contributed by atoms with van der Waals surface area (Å²) in [6.45, 7) is 0.693. The van der Waals surface area contributed by atoms with Crippen molar-refractivity contribution >= 4 is 6.01 Å². The van der Waals surface area contributed by atoms with Gasteiger partial charge in [0.1, 0.15) is 0 Å². The minimum Gasteiger partial charge on any atom is -0.408 e. The summed E-state index contributed by atoms with van der Waals surface area (Å²) < 4.78 is 7.61. The van der Waals surface area contributed by atoms with Gasteiger partial charge in [-0.15, -0.1) is 5.10 Å². The van der Waals surface area contributed by atoms with Crippen molar-refractivity contribution in [2.75, 3.05) is 5.32 Å². The maximum absolute atomic E-state index is 5.72. The van der Waals surface area contributed by atoms with E-state index in [1.54, 1.807) is 6.20 Å². The zero-order valence-corrected chi connectivity index (χ0v) is 12.1. The second-order valence-electron chi connectivity index (χ2n) is 5.56. The van der Waals surface area contributed by atoms with Crippen LogP contribution in [0.4, 0.5) is 6.01 Å². The van der Waals surface area contributed by atoms with E-state index in [-0.39, 0.29) is 6.04 Å². The highest BCUT2D eigenvalue weighted by molar-refractivity contribution is 5.29. The molecule has 2 aromatic heterocycles. The van der Waals surface area contributed by atoms with Crippen LogP contribution in [-0.4, -0.2) is 20.0 Å². The highest BCUT2D eigenvalue weighted by Crippen LogP contribution is 2.39. The molecule has 2 heterocycles. The SMILES string of the molecule is c1ccc(C(Cn2cccn2)Nc2nnc(C3CC3)o2)cc1. The van der Waals surface area contributed by atoms with Crippen LogP contribution in [0.3, 0.4) is 0 Å². The van der Waals surface area contributed by atoms with Crippen LogP contribution in [-0.2, 0) is 6.54 Å².